The van der Waals surface area contributed by atoms with Gasteiger partial charge in [-0.1, -0.05) is 34.5 Å². The van der Waals surface area contributed by atoms with Crippen LogP contribution in [0.4, 0.5) is 11.5 Å². The summed E-state index contributed by atoms with van der Waals surface area (Å²) in [5.41, 5.74) is 2.23. The average Bonchev–Trinajstić information content (AvgIpc) is 2.31. The molecule has 1 aromatic carbocycles. The number of rotatable bonds is 3. The molecule has 88 valence electrons. The quantitative estimate of drug-likeness (QED) is 0.923. The number of anilines is 2. The van der Waals surface area contributed by atoms with Gasteiger partial charge in [-0.3, -0.25) is 4.98 Å². The molecule has 0 atom stereocenters. The average molecular weight is 313 g/mol. The zero-order valence-electron chi connectivity index (χ0n) is 9.24. The summed E-state index contributed by atoms with van der Waals surface area (Å²) in [5, 5.41) is 3.59. The summed E-state index contributed by atoms with van der Waals surface area (Å²) in [6.07, 6.45) is 4.10. The Kier molecular flexibility index (Phi) is 3.97. The summed E-state index contributed by atoms with van der Waals surface area (Å²) in [4.78, 5) is 8.13. The van der Waals surface area contributed by atoms with Gasteiger partial charge in [0.05, 0.1) is 12.4 Å². The second-order valence-corrected chi connectivity index (χ2v) is 4.81. The normalized spacial score (nSPS) is 10.3. The minimum absolute atomic E-state index is 0.380. The van der Waals surface area contributed by atoms with Crippen LogP contribution < -0.4 is 5.32 Å². The van der Waals surface area contributed by atoms with Crippen molar-refractivity contribution >= 4 is 39.0 Å². The van der Waals surface area contributed by atoms with Crippen molar-refractivity contribution in [1.29, 1.82) is 0 Å². The standard InChI is InChI=1S/C12H11BrClN3/c1-2-8-5-9(13)3-4-10(8)16-12-7-15-6-11(14)17-12/h3-7H,2H2,1H3,(H,16,17). The molecule has 1 heterocycles. The van der Waals surface area contributed by atoms with Gasteiger partial charge in [0.15, 0.2) is 5.82 Å². The van der Waals surface area contributed by atoms with E-state index in [1.54, 1.807) is 6.20 Å². The van der Waals surface area contributed by atoms with E-state index in [-0.39, 0.29) is 0 Å². The van der Waals surface area contributed by atoms with Gasteiger partial charge in [0, 0.05) is 10.2 Å². The molecule has 2 aromatic rings. The van der Waals surface area contributed by atoms with Gasteiger partial charge in [-0.25, -0.2) is 4.98 Å². The maximum Gasteiger partial charge on any atom is 0.150 e. The molecule has 3 nitrogen and oxygen atoms in total. The molecule has 2 rings (SSSR count). The fourth-order valence-electron chi connectivity index (χ4n) is 1.52. The van der Waals surface area contributed by atoms with Crippen molar-refractivity contribution < 1.29 is 0 Å². The summed E-state index contributed by atoms with van der Waals surface area (Å²) < 4.78 is 1.07. The smallest absolute Gasteiger partial charge is 0.150 e. The second kappa shape index (κ2) is 5.47. The van der Waals surface area contributed by atoms with Gasteiger partial charge in [-0.05, 0) is 30.2 Å². The molecule has 0 aliphatic carbocycles. The minimum atomic E-state index is 0.380. The van der Waals surface area contributed by atoms with Crippen LogP contribution in [0.25, 0.3) is 0 Å². The predicted octanol–water partition coefficient (Wildman–Crippen LogP) is 4.20. The van der Waals surface area contributed by atoms with Gasteiger partial charge in [0.1, 0.15) is 5.15 Å². The van der Waals surface area contributed by atoms with Gasteiger partial charge in [-0.2, -0.15) is 0 Å². The van der Waals surface area contributed by atoms with Crippen LogP contribution in [-0.4, -0.2) is 9.97 Å². The van der Waals surface area contributed by atoms with Gasteiger partial charge >= 0.3 is 0 Å². The number of nitrogens with zero attached hydrogens (tertiary/aromatic N) is 2. The molecule has 0 fully saturated rings. The summed E-state index contributed by atoms with van der Waals surface area (Å²) >= 11 is 9.25. The van der Waals surface area contributed by atoms with E-state index in [0.717, 1.165) is 16.6 Å². The van der Waals surface area contributed by atoms with Crippen LogP contribution in [0.3, 0.4) is 0 Å². The van der Waals surface area contributed by atoms with Crippen LogP contribution in [0, 0.1) is 0 Å². The first kappa shape index (κ1) is 12.3. The lowest BCUT2D eigenvalue weighted by Gasteiger charge is -2.10. The van der Waals surface area contributed by atoms with Crippen LogP contribution in [0.5, 0.6) is 0 Å². The summed E-state index contributed by atoms with van der Waals surface area (Å²) in [7, 11) is 0. The third kappa shape index (κ3) is 3.17. The number of benzene rings is 1. The second-order valence-electron chi connectivity index (χ2n) is 3.51. The molecule has 0 saturated carbocycles. The fourth-order valence-corrected chi connectivity index (χ4v) is 2.07. The van der Waals surface area contributed by atoms with Gasteiger partial charge in [0.25, 0.3) is 0 Å². The van der Waals surface area contributed by atoms with E-state index in [1.807, 2.05) is 12.1 Å². The monoisotopic (exact) mass is 311 g/mol. The van der Waals surface area contributed by atoms with Crippen molar-refractivity contribution in [2.45, 2.75) is 13.3 Å². The van der Waals surface area contributed by atoms with Crippen molar-refractivity contribution in [2.75, 3.05) is 5.32 Å². The Balaban J connectivity index is 2.29. The zero-order chi connectivity index (χ0) is 12.3. The van der Waals surface area contributed by atoms with Crippen LogP contribution in [0.2, 0.25) is 5.15 Å². The molecule has 0 aliphatic heterocycles. The lowest BCUT2D eigenvalue weighted by molar-refractivity contribution is 1.13. The SMILES string of the molecule is CCc1cc(Br)ccc1Nc1cncc(Cl)n1. The number of aryl methyl sites for hydroxylation is 1. The van der Waals surface area contributed by atoms with Crippen LogP contribution in [0.15, 0.2) is 35.1 Å². The number of nitrogens with one attached hydrogen (secondary N) is 1. The summed E-state index contributed by atoms with van der Waals surface area (Å²) in [5.74, 6) is 0.648. The number of hydrogen-bond donors (Lipinski definition) is 1. The number of aromatic nitrogens is 2. The van der Waals surface area contributed by atoms with E-state index in [0.29, 0.717) is 11.0 Å². The van der Waals surface area contributed by atoms with Gasteiger partial charge < -0.3 is 5.32 Å². The predicted molar refractivity (Wildman–Crippen MR) is 73.8 cm³/mol. The minimum Gasteiger partial charge on any atom is -0.339 e. The molecule has 1 aromatic heterocycles. The van der Waals surface area contributed by atoms with Crippen molar-refractivity contribution in [3.05, 3.63) is 45.8 Å². The van der Waals surface area contributed by atoms with Crippen molar-refractivity contribution in [3.8, 4) is 0 Å². The molecular formula is C12H11BrClN3. The van der Waals surface area contributed by atoms with E-state index in [1.165, 1.54) is 11.8 Å². The first-order valence-electron chi connectivity index (χ1n) is 5.22. The van der Waals surface area contributed by atoms with E-state index < -0.39 is 0 Å². The molecule has 0 unspecified atom stereocenters. The van der Waals surface area contributed by atoms with Crippen LogP contribution in [-0.2, 0) is 6.42 Å². The lowest BCUT2D eigenvalue weighted by Crippen LogP contribution is -1.98. The number of hydrogen-bond acceptors (Lipinski definition) is 3. The molecule has 5 heteroatoms. The molecule has 0 aliphatic rings. The molecular weight excluding hydrogens is 302 g/mol. The zero-order valence-corrected chi connectivity index (χ0v) is 11.6. The molecule has 17 heavy (non-hydrogen) atoms. The van der Waals surface area contributed by atoms with Crippen molar-refractivity contribution in [3.63, 3.8) is 0 Å². The first-order valence-corrected chi connectivity index (χ1v) is 6.39. The van der Waals surface area contributed by atoms with Crippen molar-refractivity contribution in [2.24, 2.45) is 0 Å². The highest BCUT2D eigenvalue weighted by atomic mass is 79.9. The Morgan fingerprint density at radius 2 is 2.18 bits per heavy atom. The molecule has 0 spiro atoms. The maximum absolute atomic E-state index is 5.79. The molecule has 0 amide bonds. The third-order valence-corrected chi connectivity index (χ3v) is 2.99. The van der Waals surface area contributed by atoms with Gasteiger partial charge in [0.2, 0.25) is 0 Å². The molecule has 0 bridgehead atoms. The van der Waals surface area contributed by atoms with Crippen LogP contribution >= 0.6 is 27.5 Å². The maximum atomic E-state index is 5.79. The Labute approximate surface area is 113 Å². The largest absolute Gasteiger partial charge is 0.339 e. The molecule has 1 N–H and O–H groups in total. The Morgan fingerprint density at radius 1 is 1.35 bits per heavy atom. The Bertz CT molecular complexity index is 531. The Hall–Kier alpha value is -1.13. The highest BCUT2D eigenvalue weighted by Crippen LogP contribution is 2.24. The fraction of sp³-hybridized carbons (Fsp3) is 0.167. The first-order chi connectivity index (χ1) is 8.19. The Morgan fingerprint density at radius 3 is 2.88 bits per heavy atom. The third-order valence-electron chi connectivity index (χ3n) is 2.32. The number of halogens is 2. The molecule has 0 saturated heterocycles. The van der Waals surface area contributed by atoms with E-state index in [9.17, 15) is 0 Å². The highest BCUT2D eigenvalue weighted by molar-refractivity contribution is 9.10. The van der Waals surface area contributed by atoms with E-state index >= 15 is 0 Å². The summed E-state index contributed by atoms with van der Waals surface area (Å²) in [6, 6.07) is 6.07. The van der Waals surface area contributed by atoms with E-state index in [4.69, 9.17) is 11.6 Å². The van der Waals surface area contributed by atoms with E-state index in [2.05, 4.69) is 44.2 Å². The highest BCUT2D eigenvalue weighted by Gasteiger charge is 2.03. The summed E-state index contributed by atoms with van der Waals surface area (Å²) in [6.45, 7) is 2.11. The van der Waals surface area contributed by atoms with Crippen molar-refractivity contribution in [1.82, 2.24) is 9.97 Å². The molecule has 0 radical (unpaired) electrons. The topological polar surface area (TPSA) is 37.8 Å². The van der Waals surface area contributed by atoms with Gasteiger partial charge in [-0.15, -0.1) is 0 Å². The lowest BCUT2D eigenvalue weighted by atomic mass is 10.1. The van der Waals surface area contributed by atoms with Crippen LogP contribution in [0.1, 0.15) is 12.5 Å².